The Kier molecular flexibility index (Phi) is 5.92. The predicted molar refractivity (Wildman–Crippen MR) is 106 cm³/mol. The average Bonchev–Trinajstić information content (AvgIpc) is 3.12. The number of hydrogen-bond acceptors (Lipinski definition) is 5. The van der Waals surface area contributed by atoms with Gasteiger partial charge in [0, 0.05) is 6.04 Å². The summed E-state index contributed by atoms with van der Waals surface area (Å²) in [4.78, 5) is 25.3. The zero-order valence-electron chi connectivity index (χ0n) is 15.6. The molecule has 2 aromatic carbocycles. The minimum Gasteiger partial charge on any atom is -0.496 e. The van der Waals surface area contributed by atoms with Crippen molar-refractivity contribution >= 4 is 17.3 Å². The van der Waals surface area contributed by atoms with E-state index in [4.69, 9.17) is 11.2 Å². The number of nitro benzene ring substituents is 1. The Labute approximate surface area is 163 Å². The monoisotopic (exact) mass is 379 g/mol. The van der Waals surface area contributed by atoms with Crippen LogP contribution in [0, 0.1) is 22.5 Å². The number of aryl methyl sites for hydroxylation is 1. The zero-order chi connectivity index (χ0) is 20.1. The summed E-state index contributed by atoms with van der Waals surface area (Å²) in [5, 5.41) is 13.9. The number of ether oxygens (including phenoxy) is 1. The molecule has 0 unspecified atom stereocenters. The van der Waals surface area contributed by atoms with Gasteiger partial charge in [0.15, 0.2) is 0 Å². The quantitative estimate of drug-likeness (QED) is 0.454. The van der Waals surface area contributed by atoms with Crippen LogP contribution < -0.4 is 10.1 Å². The van der Waals surface area contributed by atoms with Crippen LogP contribution >= 0.6 is 0 Å². The molecule has 7 heteroatoms. The molecule has 1 atom stereocenters. The van der Waals surface area contributed by atoms with Gasteiger partial charge >= 0.3 is 0 Å². The summed E-state index contributed by atoms with van der Waals surface area (Å²) in [6, 6.07) is 12.5. The number of anilines is 1. The van der Waals surface area contributed by atoms with Crippen LogP contribution in [0.2, 0.25) is 0 Å². The molecule has 1 N–H and O–H groups in total. The Balaban J connectivity index is 1.76. The molecule has 144 valence electrons. The van der Waals surface area contributed by atoms with Crippen LogP contribution in [0.25, 0.3) is 0 Å². The molecule has 1 aliphatic rings. The minimum atomic E-state index is -0.551. The van der Waals surface area contributed by atoms with Crippen molar-refractivity contribution in [1.29, 1.82) is 0 Å². The first kappa shape index (κ1) is 19.4. The van der Waals surface area contributed by atoms with E-state index >= 15 is 0 Å². The third-order valence-electron chi connectivity index (χ3n) is 4.86. The highest BCUT2D eigenvalue weighted by Crippen LogP contribution is 2.35. The Hall–Kier alpha value is -3.37. The molecule has 2 aromatic rings. The molecule has 0 radical (unpaired) electrons. The maximum absolute atomic E-state index is 12.6. The molecule has 7 nitrogen and oxygen atoms in total. The first-order valence-corrected chi connectivity index (χ1v) is 8.91. The first-order chi connectivity index (χ1) is 13.5. The standard InChI is InChI=1S/C21H21N3O4/c1-3-12-23(19-11-8-15-6-4-5-7-17(15)19)14-21(25)22-18-10-9-16(28-2)13-20(18)24(26)27/h1,4-7,9-10,13,19H,8,11-12,14H2,2H3,(H,22,25)/t19-/m0/s1. The number of methoxy groups -OCH3 is 1. The number of carbonyl (C=O) groups is 1. The molecule has 0 aromatic heterocycles. The van der Waals surface area contributed by atoms with Gasteiger partial charge in [-0.15, -0.1) is 6.42 Å². The normalized spacial score (nSPS) is 15.0. The lowest BCUT2D eigenvalue weighted by Crippen LogP contribution is -2.36. The fourth-order valence-corrected chi connectivity index (χ4v) is 3.58. The van der Waals surface area contributed by atoms with Gasteiger partial charge in [0.05, 0.1) is 31.2 Å². The molecular weight excluding hydrogens is 358 g/mol. The number of nitrogens with one attached hydrogen (secondary N) is 1. The molecule has 0 saturated heterocycles. The second-order valence-corrected chi connectivity index (χ2v) is 6.55. The van der Waals surface area contributed by atoms with Crippen molar-refractivity contribution < 1.29 is 14.5 Å². The van der Waals surface area contributed by atoms with Crippen molar-refractivity contribution in [3.8, 4) is 18.1 Å². The third kappa shape index (κ3) is 4.13. The van der Waals surface area contributed by atoms with Gasteiger partial charge in [-0.2, -0.15) is 0 Å². The van der Waals surface area contributed by atoms with Crippen LogP contribution in [0.5, 0.6) is 5.75 Å². The molecule has 0 heterocycles. The summed E-state index contributed by atoms with van der Waals surface area (Å²) in [6.45, 7) is 0.365. The Morgan fingerprint density at radius 1 is 1.39 bits per heavy atom. The number of hydrogen-bond donors (Lipinski definition) is 1. The molecule has 1 amide bonds. The molecule has 1 aliphatic carbocycles. The number of nitrogens with zero attached hydrogens (tertiary/aromatic N) is 2. The van der Waals surface area contributed by atoms with Crippen LogP contribution in [0.1, 0.15) is 23.6 Å². The van der Waals surface area contributed by atoms with E-state index in [1.807, 2.05) is 17.0 Å². The number of terminal acetylenes is 1. The Bertz CT molecular complexity index is 935. The minimum absolute atomic E-state index is 0.0480. The van der Waals surface area contributed by atoms with E-state index in [1.54, 1.807) is 6.07 Å². The van der Waals surface area contributed by atoms with Gasteiger partial charge < -0.3 is 10.1 Å². The van der Waals surface area contributed by atoms with E-state index in [0.29, 0.717) is 12.3 Å². The summed E-state index contributed by atoms with van der Waals surface area (Å²) >= 11 is 0. The summed E-state index contributed by atoms with van der Waals surface area (Å²) in [5.41, 5.74) is 2.35. The highest BCUT2D eigenvalue weighted by atomic mass is 16.6. The lowest BCUT2D eigenvalue weighted by atomic mass is 10.1. The van der Waals surface area contributed by atoms with Gasteiger partial charge in [-0.3, -0.25) is 19.8 Å². The van der Waals surface area contributed by atoms with Crippen LogP contribution in [-0.4, -0.2) is 35.9 Å². The van der Waals surface area contributed by atoms with E-state index in [1.165, 1.54) is 30.4 Å². The van der Waals surface area contributed by atoms with Gasteiger partial charge in [0.2, 0.25) is 5.91 Å². The van der Waals surface area contributed by atoms with Gasteiger partial charge in [-0.05, 0) is 36.1 Å². The van der Waals surface area contributed by atoms with Crippen LogP contribution in [0.3, 0.4) is 0 Å². The van der Waals surface area contributed by atoms with Gasteiger partial charge in [-0.1, -0.05) is 30.2 Å². The van der Waals surface area contributed by atoms with Gasteiger partial charge in [0.25, 0.3) is 5.69 Å². The SMILES string of the molecule is C#CCN(CC(=O)Nc1ccc(OC)cc1[N+](=O)[O-])[C@H]1CCc2ccccc21. The third-order valence-corrected chi connectivity index (χ3v) is 4.86. The lowest BCUT2D eigenvalue weighted by molar-refractivity contribution is -0.384. The molecule has 3 rings (SSSR count). The summed E-state index contributed by atoms with van der Waals surface area (Å²) in [7, 11) is 1.43. The predicted octanol–water partition coefficient (Wildman–Crippen LogP) is 3.16. The fraction of sp³-hybridized carbons (Fsp3) is 0.286. The second kappa shape index (κ2) is 8.55. The molecule has 28 heavy (non-hydrogen) atoms. The molecular formula is C21H21N3O4. The van der Waals surface area contributed by atoms with Crippen LogP contribution in [-0.2, 0) is 11.2 Å². The number of nitro groups is 1. The van der Waals surface area contributed by atoms with Crippen molar-refractivity contribution in [2.45, 2.75) is 18.9 Å². The van der Waals surface area contributed by atoms with Crippen molar-refractivity contribution in [3.63, 3.8) is 0 Å². The molecule has 0 bridgehead atoms. The summed E-state index contributed by atoms with van der Waals surface area (Å²) < 4.78 is 5.01. The van der Waals surface area contributed by atoms with E-state index in [2.05, 4.69) is 23.4 Å². The molecule has 0 spiro atoms. The number of amides is 1. The van der Waals surface area contributed by atoms with E-state index in [9.17, 15) is 14.9 Å². The molecule has 0 saturated carbocycles. The summed E-state index contributed by atoms with van der Waals surface area (Å²) in [5.74, 6) is 2.61. The number of benzene rings is 2. The van der Waals surface area contributed by atoms with Gasteiger partial charge in [-0.25, -0.2) is 0 Å². The van der Waals surface area contributed by atoms with Crippen molar-refractivity contribution in [1.82, 2.24) is 4.90 Å². The van der Waals surface area contributed by atoms with E-state index in [-0.39, 0.29) is 29.9 Å². The highest BCUT2D eigenvalue weighted by molar-refractivity contribution is 5.94. The molecule has 0 fully saturated rings. The van der Waals surface area contributed by atoms with E-state index in [0.717, 1.165) is 12.8 Å². The maximum atomic E-state index is 12.6. The lowest BCUT2D eigenvalue weighted by Gasteiger charge is -2.27. The maximum Gasteiger partial charge on any atom is 0.296 e. The Morgan fingerprint density at radius 3 is 2.89 bits per heavy atom. The number of rotatable bonds is 7. The molecule has 0 aliphatic heterocycles. The van der Waals surface area contributed by atoms with Gasteiger partial charge in [0.1, 0.15) is 11.4 Å². The average molecular weight is 379 g/mol. The summed E-state index contributed by atoms with van der Waals surface area (Å²) in [6.07, 6.45) is 7.34. The van der Waals surface area contributed by atoms with Crippen LogP contribution in [0.4, 0.5) is 11.4 Å². The highest BCUT2D eigenvalue weighted by Gasteiger charge is 2.29. The first-order valence-electron chi connectivity index (χ1n) is 8.91. The largest absolute Gasteiger partial charge is 0.496 e. The number of carbonyl (C=O) groups excluding carboxylic acids is 1. The van der Waals surface area contributed by atoms with Crippen LogP contribution in [0.15, 0.2) is 42.5 Å². The smallest absolute Gasteiger partial charge is 0.296 e. The van der Waals surface area contributed by atoms with Crippen molar-refractivity contribution in [2.75, 3.05) is 25.5 Å². The Morgan fingerprint density at radius 2 is 2.18 bits per heavy atom. The zero-order valence-corrected chi connectivity index (χ0v) is 15.6. The van der Waals surface area contributed by atoms with Crippen molar-refractivity contribution in [2.24, 2.45) is 0 Å². The second-order valence-electron chi connectivity index (χ2n) is 6.55. The van der Waals surface area contributed by atoms with Crippen molar-refractivity contribution in [3.05, 3.63) is 63.7 Å². The number of fused-ring (bicyclic) bond motifs is 1. The van der Waals surface area contributed by atoms with E-state index < -0.39 is 4.92 Å². The topological polar surface area (TPSA) is 84.7 Å². The fourth-order valence-electron chi connectivity index (χ4n) is 3.58.